The fourth-order valence-corrected chi connectivity index (χ4v) is 8.04. The quantitative estimate of drug-likeness (QED) is 0.184. The standard InChI is InChI=1S/C48H34N4/c1-48(2)41-22-11-9-20-37(41)38-26-24-34(30-42(38)48)33-25-27-44-40(29-33)39-21-10-12-23-43(39)52(44)36-19-13-18-35(28-36)47-50-45(31-14-5-3-6-15-31)49-46(51-47)32-16-7-4-8-17-32/h3-30H,1-2H3. The third kappa shape index (κ3) is 4.79. The third-order valence-corrected chi connectivity index (χ3v) is 10.7. The van der Waals surface area contributed by atoms with Crippen molar-refractivity contribution in [3.8, 4) is 62.1 Å². The van der Waals surface area contributed by atoms with Crippen LogP contribution in [0.1, 0.15) is 25.0 Å². The molecule has 4 nitrogen and oxygen atoms in total. The van der Waals surface area contributed by atoms with E-state index in [0.29, 0.717) is 17.5 Å². The minimum Gasteiger partial charge on any atom is -0.309 e. The lowest BCUT2D eigenvalue weighted by molar-refractivity contribution is 0.660. The van der Waals surface area contributed by atoms with Crippen molar-refractivity contribution in [3.05, 3.63) is 181 Å². The Balaban J connectivity index is 1.10. The van der Waals surface area contributed by atoms with E-state index in [4.69, 9.17) is 15.0 Å². The van der Waals surface area contributed by atoms with Crippen molar-refractivity contribution in [2.75, 3.05) is 0 Å². The first-order valence-corrected chi connectivity index (χ1v) is 17.8. The molecule has 0 unspecified atom stereocenters. The van der Waals surface area contributed by atoms with Gasteiger partial charge in [-0.25, -0.2) is 15.0 Å². The van der Waals surface area contributed by atoms with Crippen LogP contribution in [0.3, 0.4) is 0 Å². The van der Waals surface area contributed by atoms with Gasteiger partial charge < -0.3 is 4.57 Å². The van der Waals surface area contributed by atoms with E-state index in [1.54, 1.807) is 0 Å². The van der Waals surface area contributed by atoms with Crippen LogP contribution in [0.15, 0.2) is 170 Å². The number of fused-ring (bicyclic) bond motifs is 6. The average Bonchev–Trinajstić information content (AvgIpc) is 3.66. The first-order valence-electron chi connectivity index (χ1n) is 17.8. The maximum absolute atomic E-state index is 5.01. The van der Waals surface area contributed by atoms with Crippen molar-refractivity contribution in [2.45, 2.75) is 19.3 Å². The zero-order valence-electron chi connectivity index (χ0n) is 29.0. The van der Waals surface area contributed by atoms with Gasteiger partial charge in [0.05, 0.1) is 11.0 Å². The SMILES string of the molecule is CC1(C)c2ccccc2-c2ccc(-c3ccc4c(c3)c3ccccc3n4-c3cccc(-c4nc(-c5ccccc5)nc(-c5ccccc5)n4)c3)cc21. The summed E-state index contributed by atoms with van der Waals surface area (Å²) < 4.78 is 2.36. The largest absolute Gasteiger partial charge is 0.309 e. The molecule has 1 aliphatic carbocycles. The summed E-state index contributed by atoms with van der Waals surface area (Å²) in [7, 11) is 0. The molecule has 0 N–H and O–H groups in total. The van der Waals surface area contributed by atoms with Crippen LogP contribution in [-0.4, -0.2) is 19.5 Å². The number of hydrogen-bond acceptors (Lipinski definition) is 3. The van der Waals surface area contributed by atoms with E-state index in [1.807, 2.05) is 60.7 Å². The van der Waals surface area contributed by atoms with Crippen LogP contribution >= 0.6 is 0 Å². The van der Waals surface area contributed by atoms with E-state index < -0.39 is 0 Å². The van der Waals surface area contributed by atoms with Gasteiger partial charge >= 0.3 is 0 Å². The van der Waals surface area contributed by atoms with Crippen LogP contribution < -0.4 is 0 Å². The molecule has 0 aliphatic heterocycles. The normalized spacial score (nSPS) is 13.0. The Bertz CT molecular complexity index is 2760. The maximum atomic E-state index is 5.01. The van der Waals surface area contributed by atoms with Crippen LogP contribution in [0.25, 0.3) is 83.9 Å². The third-order valence-electron chi connectivity index (χ3n) is 10.7. The van der Waals surface area contributed by atoms with Gasteiger partial charge in [0.15, 0.2) is 17.5 Å². The molecule has 0 bridgehead atoms. The molecule has 1 aliphatic rings. The van der Waals surface area contributed by atoms with Crippen molar-refractivity contribution in [1.29, 1.82) is 0 Å². The molecule has 10 rings (SSSR count). The van der Waals surface area contributed by atoms with Crippen molar-refractivity contribution in [2.24, 2.45) is 0 Å². The van der Waals surface area contributed by atoms with E-state index in [2.05, 4.69) is 128 Å². The van der Waals surface area contributed by atoms with Gasteiger partial charge in [0, 0.05) is 38.6 Å². The number of benzene rings is 7. The Labute approximate surface area is 302 Å². The summed E-state index contributed by atoms with van der Waals surface area (Å²) in [6, 6.07) is 60.2. The lowest BCUT2D eigenvalue weighted by atomic mass is 9.81. The van der Waals surface area contributed by atoms with Crippen LogP contribution in [0.5, 0.6) is 0 Å². The predicted octanol–water partition coefficient (Wildman–Crippen LogP) is 11.9. The molecule has 9 aromatic rings. The fourth-order valence-electron chi connectivity index (χ4n) is 8.04. The number of aromatic nitrogens is 4. The van der Waals surface area contributed by atoms with E-state index in [9.17, 15) is 0 Å². The second-order valence-corrected chi connectivity index (χ2v) is 14.1. The van der Waals surface area contributed by atoms with Crippen molar-refractivity contribution < 1.29 is 0 Å². The fraction of sp³-hybridized carbons (Fsp3) is 0.0625. The van der Waals surface area contributed by atoms with Crippen LogP contribution in [0.2, 0.25) is 0 Å². The molecule has 0 radical (unpaired) electrons. The van der Waals surface area contributed by atoms with E-state index >= 15 is 0 Å². The smallest absolute Gasteiger partial charge is 0.164 e. The molecule has 0 amide bonds. The zero-order chi connectivity index (χ0) is 34.8. The topological polar surface area (TPSA) is 43.6 Å². The summed E-state index contributed by atoms with van der Waals surface area (Å²) >= 11 is 0. The van der Waals surface area contributed by atoms with E-state index in [0.717, 1.165) is 33.4 Å². The second kappa shape index (κ2) is 11.7. The summed E-state index contributed by atoms with van der Waals surface area (Å²) in [5.41, 5.74) is 14.1. The van der Waals surface area contributed by atoms with Gasteiger partial charge in [-0.2, -0.15) is 0 Å². The molecule has 4 heteroatoms. The molecule has 52 heavy (non-hydrogen) atoms. The molecule has 0 fully saturated rings. The number of rotatable bonds is 5. The number of hydrogen-bond donors (Lipinski definition) is 0. The highest BCUT2D eigenvalue weighted by atomic mass is 15.0. The predicted molar refractivity (Wildman–Crippen MR) is 213 cm³/mol. The van der Waals surface area contributed by atoms with Gasteiger partial charge in [-0.3, -0.25) is 0 Å². The van der Waals surface area contributed by atoms with Gasteiger partial charge in [-0.1, -0.05) is 147 Å². The molecule has 0 spiro atoms. The second-order valence-electron chi connectivity index (χ2n) is 14.1. The summed E-state index contributed by atoms with van der Waals surface area (Å²) in [4.78, 5) is 14.9. The Morgan fingerprint density at radius 2 is 0.942 bits per heavy atom. The van der Waals surface area contributed by atoms with Crippen molar-refractivity contribution in [1.82, 2.24) is 19.5 Å². The van der Waals surface area contributed by atoms with Crippen molar-refractivity contribution in [3.63, 3.8) is 0 Å². The minimum absolute atomic E-state index is 0.0463. The van der Waals surface area contributed by atoms with Gasteiger partial charge in [0.1, 0.15) is 0 Å². The monoisotopic (exact) mass is 666 g/mol. The summed E-state index contributed by atoms with van der Waals surface area (Å²) in [6.07, 6.45) is 0. The van der Waals surface area contributed by atoms with E-state index in [1.165, 1.54) is 44.2 Å². The minimum atomic E-state index is -0.0463. The van der Waals surface area contributed by atoms with Gasteiger partial charge in [0.2, 0.25) is 0 Å². The van der Waals surface area contributed by atoms with Gasteiger partial charge in [-0.15, -0.1) is 0 Å². The van der Waals surface area contributed by atoms with Crippen LogP contribution in [0.4, 0.5) is 0 Å². The van der Waals surface area contributed by atoms with Crippen LogP contribution in [-0.2, 0) is 5.41 Å². The molecule has 0 atom stereocenters. The van der Waals surface area contributed by atoms with Gasteiger partial charge in [-0.05, 0) is 69.8 Å². The molecular formula is C48H34N4. The highest BCUT2D eigenvalue weighted by Gasteiger charge is 2.35. The lowest BCUT2D eigenvalue weighted by Gasteiger charge is -2.22. The molecule has 246 valence electrons. The average molecular weight is 667 g/mol. The summed E-state index contributed by atoms with van der Waals surface area (Å²) in [5, 5.41) is 2.44. The number of para-hydroxylation sites is 1. The Hall–Kier alpha value is -6.65. The Morgan fingerprint density at radius 3 is 1.69 bits per heavy atom. The zero-order valence-corrected chi connectivity index (χ0v) is 29.0. The van der Waals surface area contributed by atoms with Crippen molar-refractivity contribution >= 4 is 21.8 Å². The maximum Gasteiger partial charge on any atom is 0.164 e. The number of nitrogens with zero attached hydrogens (tertiary/aromatic N) is 4. The molecule has 0 saturated heterocycles. The first kappa shape index (κ1) is 30.2. The molecular weight excluding hydrogens is 633 g/mol. The van der Waals surface area contributed by atoms with Gasteiger partial charge in [0.25, 0.3) is 0 Å². The van der Waals surface area contributed by atoms with Crippen LogP contribution in [0, 0.1) is 0 Å². The highest BCUT2D eigenvalue weighted by Crippen LogP contribution is 2.49. The Kier molecular flexibility index (Phi) is 6.80. The summed E-state index contributed by atoms with van der Waals surface area (Å²) in [5.74, 6) is 1.94. The molecule has 7 aromatic carbocycles. The first-order chi connectivity index (χ1) is 25.5. The van der Waals surface area contributed by atoms with E-state index in [-0.39, 0.29) is 5.41 Å². The Morgan fingerprint density at radius 1 is 0.385 bits per heavy atom. The molecule has 0 saturated carbocycles. The lowest BCUT2D eigenvalue weighted by Crippen LogP contribution is -2.14. The molecule has 2 aromatic heterocycles. The highest BCUT2D eigenvalue weighted by molar-refractivity contribution is 6.10. The summed E-state index contributed by atoms with van der Waals surface area (Å²) in [6.45, 7) is 4.68. The molecule has 2 heterocycles.